The first kappa shape index (κ1) is 10.3. The lowest BCUT2D eigenvalue weighted by Crippen LogP contribution is -2.11. The fourth-order valence-electron chi connectivity index (χ4n) is 1.05. The van der Waals surface area contributed by atoms with Crippen LogP contribution in [0.5, 0.6) is 5.75 Å². The van der Waals surface area contributed by atoms with Crippen LogP contribution in [0.3, 0.4) is 0 Å². The molecule has 0 spiro atoms. The molecule has 0 saturated heterocycles. The second-order valence-corrected chi connectivity index (χ2v) is 3.08. The molecule has 1 rings (SSSR count). The molecular weight excluding hydrogens is 178 g/mol. The number of nitrogens with two attached hydrogens (primary N) is 1. The third kappa shape index (κ3) is 2.62. The average molecular weight is 191 g/mol. The van der Waals surface area contributed by atoms with E-state index in [9.17, 15) is 9.90 Å². The summed E-state index contributed by atoms with van der Waals surface area (Å²) in [5.74, 6) is -0.193. The number of phenols is 1. The SMILES string of the molecule is CC(=CCc1ccccc1O)C(N)=O. The van der Waals surface area contributed by atoms with Crippen molar-refractivity contribution in [1.29, 1.82) is 0 Å². The second kappa shape index (κ2) is 4.46. The zero-order valence-corrected chi connectivity index (χ0v) is 8.03. The summed E-state index contributed by atoms with van der Waals surface area (Å²) in [6.45, 7) is 1.66. The summed E-state index contributed by atoms with van der Waals surface area (Å²) >= 11 is 0. The highest BCUT2D eigenvalue weighted by molar-refractivity contribution is 5.91. The van der Waals surface area contributed by atoms with E-state index in [0.29, 0.717) is 12.0 Å². The Hall–Kier alpha value is -1.77. The largest absolute Gasteiger partial charge is 0.508 e. The van der Waals surface area contributed by atoms with Crippen molar-refractivity contribution in [3.05, 3.63) is 41.5 Å². The number of carbonyl (C=O) groups is 1. The molecule has 1 amide bonds. The van der Waals surface area contributed by atoms with Gasteiger partial charge in [0.1, 0.15) is 5.75 Å². The Balaban J connectivity index is 2.76. The zero-order chi connectivity index (χ0) is 10.6. The molecule has 0 radical (unpaired) electrons. The number of hydrogen-bond acceptors (Lipinski definition) is 2. The number of allylic oxidation sites excluding steroid dienone is 1. The minimum atomic E-state index is -0.430. The predicted octanol–water partition coefficient (Wildman–Crippen LogP) is 1.37. The number of rotatable bonds is 3. The molecule has 3 N–H and O–H groups in total. The number of benzene rings is 1. The van der Waals surface area contributed by atoms with E-state index in [1.54, 1.807) is 31.2 Å². The number of carbonyl (C=O) groups excluding carboxylic acids is 1. The Bertz CT molecular complexity index is 369. The normalized spacial score (nSPS) is 11.4. The van der Waals surface area contributed by atoms with E-state index in [4.69, 9.17) is 5.73 Å². The first-order valence-electron chi connectivity index (χ1n) is 4.34. The van der Waals surface area contributed by atoms with E-state index < -0.39 is 5.91 Å². The molecule has 74 valence electrons. The van der Waals surface area contributed by atoms with Crippen molar-refractivity contribution in [3.63, 3.8) is 0 Å². The Morgan fingerprint density at radius 2 is 2.14 bits per heavy atom. The van der Waals surface area contributed by atoms with Gasteiger partial charge in [-0.3, -0.25) is 4.79 Å². The summed E-state index contributed by atoms with van der Waals surface area (Å²) in [5, 5.41) is 9.42. The molecule has 14 heavy (non-hydrogen) atoms. The van der Waals surface area contributed by atoms with Gasteiger partial charge in [0, 0.05) is 5.57 Å². The third-order valence-electron chi connectivity index (χ3n) is 2.01. The molecular formula is C11H13NO2. The molecule has 0 saturated carbocycles. The molecule has 0 heterocycles. The lowest BCUT2D eigenvalue weighted by Gasteiger charge is -2.00. The Labute approximate surface area is 82.9 Å². The summed E-state index contributed by atoms with van der Waals surface area (Å²) < 4.78 is 0. The fourth-order valence-corrected chi connectivity index (χ4v) is 1.05. The number of phenolic OH excluding ortho intramolecular Hbond substituents is 1. The van der Waals surface area contributed by atoms with Crippen LogP contribution in [-0.2, 0) is 11.2 Å². The van der Waals surface area contributed by atoms with E-state index >= 15 is 0 Å². The van der Waals surface area contributed by atoms with Gasteiger partial charge in [-0.2, -0.15) is 0 Å². The van der Waals surface area contributed by atoms with Crippen LogP contribution >= 0.6 is 0 Å². The monoisotopic (exact) mass is 191 g/mol. The summed E-state index contributed by atoms with van der Waals surface area (Å²) in [7, 11) is 0. The van der Waals surface area contributed by atoms with Crippen molar-refractivity contribution in [1.82, 2.24) is 0 Å². The van der Waals surface area contributed by atoms with E-state index in [1.807, 2.05) is 6.07 Å². The molecule has 0 aromatic heterocycles. The molecule has 1 aromatic rings. The summed E-state index contributed by atoms with van der Waals surface area (Å²) in [5.41, 5.74) is 6.36. The van der Waals surface area contributed by atoms with Gasteiger partial charge in [0.25, 0.3) is 0 Å². The smallest absolute Gasteiger partial charge is 0.244 e. The van der Waals surface area contributed by atoms with Crippen LogP contribution < -0.4 is 5.73 Å². The quantitative estimate of drug-likeness (QED) is 0.709. The molecule has 1 aromatic carbocycles. The molecule has 0 aliphatic heterocycles. The predicted molar refractivity (Wildman–Crippen MR) is 54.8 cm³/mol. The van der Waals surface area contributed by atoms with Gasteiger partial charge in [-0.25, -0.2) is 0 Å². The topological polar surface area (TPSA) is 63.3 Å². The maximum atomic E-state index is 10.7. The number of aromatic hydroxyl groups is 1. The lowest BCUT2D eigenvalue weighted by atomic mass is 10.1. The number of amides is 1. The van der Waals surface area contributed by atoms with Crippen molar-refractivity contribution in [2.24, 2.45) is 5.73 Å². The second-order valence-electron chi connectivity index (χ2n) is 3.08. The minimum absolute atomic E-state index is 0.237. The molecule has 0 atom stereocenters. The van der Waals surface area contributed by atoms with Crippen molar-refractivity contribution in [2.75, 3.05) is 0 Å². The molecule has 0 fully saturated rings. The maximum absolute atomic E-state index is 10.7. The first-order chi connectivity index (χ1) is 6.61. The van der Waals surface area contributed by atoms with Gasteiger partial charge in [-0.15, -0.1) is 0 Å². The van der Waals surface area contributed by atoms with Crippen LogP contribution in [0.1, 0.15) is 12.5 Å². The molecule has 0 aliphatic carbocycles. The highest BCUT2D eigenvalue weighted by atomic mass is 16.3. The van der Waals surface area contributed by atoms with Gasteiger partial charge >= 0.3 is 0 Å². The minimum Gasteiger partial charge on any atom is -0.508 e. The lowest BCUT2D eigenvalue weighted by molar-refractivity contribution is -0.114. The third-order valence-corrected chi connectivity index (χ3v) is 2.01. The van der Waals surface area contributed by atoms with E-state index in [0.717, 1.165) is 5.56 Å². The summed E-state index contributed by atoms with van der Waals surface area (Å²) in [4.78, 5) is 10.7. The summed E-state index contributed by atoms with van der Waals surface area (Å²) in [6, 6.07) is 7.01. The van der Waals surface area contributed by atoms with Gasteiger partial charge in [0.15, 0.2) is 0 Å². The van der Waals surface area contributed by atoms with Crippen LogP contribution in [0.2, 0.25) is 0 Å². The Morgan fingerprint density at radius 1 is 1.50 bits per heavy atom. The molecule has 0 aliphatic rings. The molecule has 0 bridgehead atoms. The molecule has 0 unspecified atom stereocenters. The van der Waals surface area contributed by atoms with Crippen molar-refractivity contribution in [3.8, 4) is 5.75 Å². The highest BCUT2D eigenvalue weighted by Crippen LogP contribution is 2.16. The number of hydrogen-bond donors (Lipinski definition) is 2. The average Bonchev–Trinajstić information content (AvgIpc) is 2.16. The zero-order valence-electron chi connectivity index (χ0n) is 8.03. The first-order valence-corrected chi connectivity index (χ1v) is 4.34. The van der Waals surface area contributed by atoms with E-state index in [-0.39, 0.29) is 5.75 Å². The van der Waals surface area contributed by atoms with Crippen LogP contribution in [0.15, 0.2) is 35.9 Å². The Kier molecular flexibility index (Phi) is 3.29. The molecule has 3 nitrogen and oxygen atoms in total. The van der Waals surface area contributed by atoms with Crippen molar-refractivity contribution < 1.29 is 9.90 Å². The number of primary amides is 1. The van der Waals surface area contributed by atoms with E-state index in [1.165, 1.54) is 0 Å². The van der Waals surface area contributed by atoms with Gasteiger partial charge in [-0.05, 0) is 25.0 Å². The fraction of sp³-hybridized carbons (Fsp3) is 0.182. The summed E-state index contributed by atoms with van der Waals surface area (Å²) in [6.07, 6.45) is 2.22. The van der Waals surface area contributed by atoms with Crippen LogP contribution in [0, 0.1) is 0 Å². The van der Waals surface area contributed by atoms with Gasteiger partial charge < -0.3 is 10.8 Å². The van der Waals surface area contributed by atoms with Crippen LogP contribution in [-0.4, -0.2) is 11.0 Å². The number of para-hydroxylation sites is 1. The van der Waals surface area contributed by atoms with Crippen molar-refractivity contribution in [2.45, 2.75) is 13.3 Å². The van der Waals surface area contributed by atoms with Gasteiger partial charge in [0.2, 0.25) is 5.91 Å². The maximum Gasteiger partial charge on any atom is 0.244 e. The van der Waals surface area contributed by atoms with E-state index in [2.05, 4.69) is 0 Å². The highest BCUT2D eigenvalue weighted by Gasteiger charge is 1.99. The van der Waals surface area contributed by atoms with Gasteiger partial charge in [0.05, 0.1) is 0 Å². The Morgan fingerprint density at radius 3 is 2.71 bits per heavy atom. The van der Waals surface area contributed by atoms with Gasteiger partial charge in [-0.1, -0.05) is 24.3 Å². The standard InChI is InChI=1S/C11H13NO2/c1-8(11(12)14)6-7-9-4-2-3-5-10(9)13/h2-6,13H,7H2,1H3,(H2,12,14). The van der Waals surface area contributed by atoms with Crippen molar-refractivity contribution >= 4 is 5.91 Å². The molecule has 3 heteroatoms. The van der Waals surface area contributed by atoms with Crippen LogP contribution in [0.4, 0.5) is 0 Å². The van der Waals surface area contributed by atoms with Crippen LogP contribution in [0.25, 0.3) is 0 Å².